The fourth-order valence-electron chi connectivity index (χ4n) is 1.60. The summed E-state index contributed by atoms with van der Waals surface area (Å²) in [7, 11) is 0. The van der Waals surface area contributed by atoms with Gasteiger partial charge in [0.2, 0.25) is 5.91 Å². The number of nitro benzene ring substituents is 1. The Hall–Kier alpha value is -2.16. The number of halogens is 3. The summed E-state index contributed by atoms with van der Waals surface area (Å²) >= 11 is 0. The van der Waals surface area contributed by atoms with Gasteiger partial charge in [0.25, 0.3) is 5.69 Å². The fourth-order valence-corrected chi connectivity index (χ4v) is 1.60. The molecule has 0 spiro atoms. The summed E-state index contributed by atoms with van der Waals surface area (Å²) in [6.45, 7) is 1.82. The van der Waals surface area contributed by atoms with Crippen molar-refractivity contribution in [2.45, 2.75) is 19.5 Å². The largest absolute Gasteiger partial charge is 0.416 e. The zero-order valence-corrected chi connectivity index (χ0v) is 11.1. The topological polar surface area (TPSA) is 98.3 Å². The lowest BCUT2D eigenvalue weighted by atomic mass is 10.1. The molecule has 21 heavy (non-hydrogen) atoms. The van der Waals surface area contributed by atoms with Crippen LogP contribution in [0.15, 0.2) is 18.2 Å². The molecule has 0 saturated carbocycles. The molecule has 1 unspecified atom stereocenters. The molecule has 1 atom stereocenters. The summed E-state index contributed by atoms with van der Waals surface area (Å²) in [6, 6.07) is 1.94. The van der Waals surface area contributed by atoms with Gasteiger partial charge in [-0.05, 0) is 25.1 Å². The van der Waals surface area contributed by atoms with E-state index in [4.69, 9.17) is 5.73 Å². The minimum Gasteiger partial charge on any atom is -0.330 e. The van der Waals surface area contributed by atoms with Crippen LogP contribution in [-0.2, 0) is 11.0 Å². The Bertz CT molecular complexity index is 546. The molecule has 0 aromatic heterocycles. The van der Waals surface area contributed by atoms with Crippen LogP contribution in [0.2, 0.25) is 0 Å². The molecule has 0 radical (unpaired) electrons. The van der Waals surface area contributed by atoms with Gasteiger partial charge in [-0.25, -0.2) is 0 Å². The molecule has 0 aliphatic heterocycles. The van der Waals surface area contributed by atoms with Crippen LogP contribution >= 0.6 is 0 Å². The molecule has 116 valence electrons. The Morgan fingerprint density at radius 3 is 2.57 bits per heavy atom. The molecule has 1 rings (SSSR count). The number of nitrogens with two attached hydrogens (primary N) is 1. The van der Waals surface area contributed by atoms with Gasteiger partial charge in [0.15, 0.2) is 0 Å². The molecule has 0 saturated heterocycles. The van der Waals surface area contributed by atoms with Gasteiger partial charge in [0.1, 0.15) is 5.69 Å². The van der Waals surface area contributed by atoms with Gasteiger partial charge in [0, 0.05) is 12.0 Å². The van der Waals surface area contributed by atoms with E-state index in [0.717, 1.165) is 6.07 Å². The van der Waals surface area contributed by atoms with Gasteiger partial charge in [-0.1, -0.05) is 6.92 Å². The van der Waals surface area contributed by atoms with E-state index < -0.39 is 34.2 Å². The minimum atomic E-state index is -4.69. The number of carbonyl (C=O) groups excluding carboxylic acids is 1. The summed E-state index contributed by atoms with van der Waals surface area (Å²) < 4.78 is 37.6. The molecule has 9 heteroatoms. The SMILES string of the molecule is CC(CCN)C(=O)Nc1ccc(C(F)(F)F)cc1[N+](=O)[O-]. The van der Waals surface area contributed by atoms with Crippen LogP contribution in [0, 0.1) is 16.0 Å². The summed E-state index contributed by atoms with van der Waals surface area (Å²) in [5.41, 5.74) is 3.06. The van der Waals surface area contributed by atoms with Crippen molar-refractivity contribution in [3.8, 4) is 0 Å². The van der Waals surface area contributed by atoms with Crippen molar-refractivity contribution in [2.24, 2.45) is 11.7 Å². The maximum absolute atomic E-state index is 12.5. The zero-order chi connectivity index (χ0) is 16.2. The van der Waals surface area contributed by atoms with Crippen molar-refractivity contribution in [1.82, 2.24) is 0 Å². The van der Waals surface area contributed by atoms with Gasteiger partial charge in [-0.3, -0.25) is 14.9 Å². The molecule has 0 aliphatic rings. The second-order valence-corrected chi connectivity index (χ2v) is 4.45. The number of benzene rings is 1. The highest BCUT2D eigenvalue weighted by Gasteiger charge is 2.33. The van der Waals surface area contributed by atoms with Crippen LogP contribution in [0.1, 0.15) is 18.9 Å². The molecular formula is C12H14F3N3O3. The third-order valence-electron chi connectivity index (χ3n) is 2.83. The number of nitro groups is 1. The van der Waals surface area contributed by atoms with E-state index in [-0.39, 0.29) is 12.2 Å². The van der Waals surface area contributed by atoms with Crippen molar-refractivity contribution in [2.75, 3.05) is 11.9 Å². The van der Waals surface area contributed by atoms with Crippen LogP contribution < -0.4 is 11.1 Å². The highest BCUT2D eigenvalue weighted by molar-refractivity contribution is 5.94. The van der Waals surface area contributed by atoms with E-state index >= 15 is 0 Å². The van der Waals surface area contributed by atoms with Gasteiger partial charge in [-0.15, -0.1) is 0 Å². The average Bonchev–Trinajstić information content (AvgIpc) is 2.37. The third kappa shape index (κ3) is 4.42. The number of alkyl halides is 3. The summed E-state index contributed by atoms with van der Waals surface area (Å²) in [6.07, 6.45) is -4.33. The normalized spacial score (nSPS) is 12.8. The van der Waals surface area contributed by atoms with Crippen LogP contribution in [0.4, 0.5) is 24.5 Å². The van der Waals surface area contributed by atoms with Gasteiger partial charge in [-0.2, -0.15) is 13.2 Å². The van der Waals surface area contributed by atoms with Crippen LogP contribution in [0.25, 0.3) is 0 Å². The number of anilines is 1. The first kappa shape index (κ1) is 16.9. The number of hydrogen-bond acceptors (Lipinski definition) is 4. The first-order chi connectivity index (χ1) is 9.66. The molecule has 1 aromatic rings. The van der Waals surface area contributed by atoms with Crippen LogP contribution in [-0.4, -0.2) is 17.4 Å². The molecular weight excluding hydrogens is 291 g/mol. The Balaban J connectivity index is 3.08. The predicted molar refractivity (Wildman–Crippen MR) is 69.6 cm³/mol. The number of nitrogens with zero attached hydrogens (tertiary/aromatic N) is 1. The van der Waals surface area contributed by atoms with Crippen LogP contribution in [0.3, 0.4) is 0 Å². The number of carbonyl (C=O) groups is 1. The molecule has 3 N–H and O–H groups in total. The van der Waals surface area contributed by atoms with E-state index in [0.29, 0.717) is 18.6 Å². The first-order valence-electron chi connectivity index (χ1n) is 6.03. The lowest BCUT2D eigenvalue weighted by Gasteiger charge is -2.12. The second kappa shape index (κ2) is 6.53. The number of amides is 1. The Kier molecular flexibility index (Phi) is 5.25. The van der Waals surface area contributed by atoms with E-state index in [2.05, 4.69) is 5.32 Å². The summed E-state index contributed by atoms with van der Waals surface area (Å²) in [5, 5.41) is 13.1. The monoisotopic (exact) mass is 305 g/mol. The Labute approximate surface area is 118 Å². The first-order valence-corrected chi connectivity index (χ1v) is 6.03. The standard InChI is InChI=1S/C12H14F3N3O3/c1-7(4-5-16)11(19)17-9-3-2-8(12(13,14)15)6-10(9)18(20)21/h2-3,6-7H,4-5,16H2,1H3,(H,17,19). The highest BCUT2D eigenvalue weighted by Crippen LogP contribution is 2.35. The lowest BCUT2D eigenvalue weighted by molar-refractivity contribution is -0.384. The fraction of sp³-hybridized carbons (Fsp3) is 0.417. The number of hydrogen-bond donors (Lipinski definition) is 2. The van der Waals surface area contributed by atoms with Crippen molar-refractivity contribution >= 4 is 17.3 Å². The van der Waals surface area contributed by atoms with E-state index in [9.17, 15) is 28.1 Å². The zero-order valence-electron chi connectivity index (χ0n) is 11.1. The molecule has 0 aliphatic carbocycles. The van der Waals surface area contributed by atoms with Crippen molar-refractivity contribution in [1.29, 1.82) is 0 Å². The molecule has 1 aromatic carbocycles. The summed E-state index contributed by atoms with van der Waals surface area (Å²) in [4.78, 5) is 21.6. The molecule has 1 amide bonds. The van der Waals surface area contributed by atoms with Crippen molar-refractivity contribution in [3.63, 3.8) is 0 Å². The Morgan fingerprint density at radius 2 is 2.10 bits per heavy atom. The van der Waals surface area contributed by atoms with Gasteiger partial charge < -0.3 is 11.1 Å². The predicted octanol–water partition coefficient (Wildman–Crippen LogP) is 2.54. The van der Waals surface area contributed by atoms with Gasteiger partial charge in [0.05, 0.1) is 10.5 Å². The Morgan fingerprint density at radius 1 is 1.48 bits per heavy atom. The van der Waals surface area contributed by atoms with Gasteiger partial charge >= 0.3 is 6.18 Å². The minimum absolute atomic E-state index is 0.254. The maximum Gasteiger partial charge on any atom is 0.416 e. The molecule has 0 heterocycles. The number of nitrogens with one attached hydrogen (secondary N) is 1. The van der Waals surface area contributed by atoms with E-state index in [1.807, 2.05) is 0 Å². The van der Waals surface area contributed by atoms with Crippen molar-refractivity contribution < 1.29 is 22.9 Å². The smallest absolute Gasteiger partial charge is 0.330 e. The molecule has 0 bridgehead atoms. The maximum atomic E-state index is 12.5. The third-order valence-corrected chi connectivity index (χ3v) is 2.83. The van der Waals surface area contributed by atoms with E-state index in [1.54, 1.807) is 6.92 Å². The second-order valence-electron chi connectivity index (χ2n) is 4.45. The average molecular weight is 305 g/mol. The van der Waals surface area contributed by atoms with E-state index in [1.165, 1.54) is 0 Å². The van der Waals surface area contributed by atoms with Crippen molar-refractivity contribution in [3.05, 3.63) is 33.9 Å². The highest BCUT2D eigenvalue weighted by atomic mass is 19.4. The molecule has 0 fully saturated rings. The van der Waals surface area contributed by atoms with Crippen LogP contribution in [0.5, 0.6) is 0 Å². The lowest BCUT2D eigenvalue weighted by Crippen LogP contribution is -2.23. The number of rotatable bonds is 5. The summed E-state index contributed by atoms with van der Waals surface area (Å²) in [5.74, 6) is -1.04. The quantitative estimate of drug-likeness (QED) is 0.645. The molecule has 6 nitrogen and oxygen atoms in total.